The Bertz CT molecular complexity index is 641. The zero-order valence-corrected chi connectivity index (χ0v) is 13.8. The molecule has 0 aliphatic rings. The quantitative estimate of drug-likeness (QED) is 0.889. The molecular weight excluding hydrogens is 344 g/mol. The smallest absolute Gasteiger partial charge is 0.251 e. The molecule has 114 valence electrons. The van der Waals surface area contributed by atoms with Gasteiger partial charge in [-0.15, -0.1) is 0 Å². The normalized spacial score (nSPS) is 10.1. The first-order valence-corrected chi connectivity index (χ1v) is 7.80. The summed E-state index contributed by atoms with van der Waals surface area (Å²) in [6.45, 7) is 2.43. The Kier molecular flexibility index (Phi) is 5.72. The summed E-state index contributed by atoms with van der Waals surface area (Å²) in [5.74, 6) is -0.399. The van der Waals surface area contributed by atoms with Crippen molar-refractivity contribution in [3.63, 3.8) is 0 Å². The SMILES string of the molecule is CCN(C(=O)CNC(=O)c1ccc(Br)cc1)c1ccccc1. The van der Waals surface area contributed by atoms with Crippen LogP contribution in [0, 0.1) is 0 Å². The number of carbonyl (C=O) groups excluding carboxylic acids is 2. The number of amides is 2. The second-order valence-corrected chi connectivity index (χ2v) is 5.58. The van der Waals surface area contributed by atoms with Gasteiger partial charge in [0.05, 0.1) is 6.54 Å². The lowest BCUT2D eigenvalue weighted by Gasteiger charge is -2.21. The van der Waals surface area contributed by atoms with Crippen LogP contribution in [-0.2, 0) is 4.79 Å². The number of nitrogens with zero attached hydrogens (tertiary/aromatic N) is 1. The van der Waals surface area contributed by atoms with Crippen LogP contribution in [-0.4, -0.2) is 24.9 Å². The van der Waals surface area contributed by atoms with Crippen molar-refractivity contribution in [1.29, 1.82) is 0 Å². The molecule has 1 N–H and O–H groups in total. The number of hydrogen-bond donors (Lipinski definition) is 1. The van der Waals surface area contributed by atoms with Crippen molar-refractivity contribution in [3.8, 4) is 0 Å². The van der Waals surface area contributed by atoms with E-state index in [0.717, 1.165) is 10.2 Å². The van der Waals surface area contributed by atoms with Gasteiger partial charge >= 0.3 is 0 Å². The molecule has 0 saturated carbocycles. The molecule has 0 saturated heterocycles. The number of carbonyl (C=O) groups is 2. The molecule has 0 aliphatic heterocycles. The molecule has 0 aromatic heterocycles. The second-order valence-electron chi connectivity index (χ2n) is 4.66. The van der Waals surface area contributed by atoms with Crippen LogP contribution in [0.4, 0.5) is 5.69 Å². The van der Waals surface area contributed by atoms with E-state index in [0.29, 0.717) is 12.1 Å². The first-order valence-electron chi connectivity index (χ1n) is 7.01. The standard InChI is InChI=1S/C17H17BrN2O2/c1-2-20(15-6-4-3-5-7-15)16(21)12-19-17(22)13-8-10-14(18)11-9-13/h3-11H,2,12H2,1H3,(H,19,22). The van der Waals surface area contributed by atoms with Gasteiger partial charge in [-0.3, -0.25) is 9.59 Å². The minimum Gasteiger partial charge on any atom is -0.343 e. The van der Waals surface area contributed by atoms with E-state index in [1.54, 1.807) is 29.2 Å². The molecule has 0 heterocycles. The van der Waals surface area contributed by atoms with E-state index in [-0.39, 0.29) is 18.4 Å². The molecular formula is C17H17BrN2O2. The monoisotopic (exact) mass is 360 g/mol. The maximum absolute atomic E-state index is 12.3. The number of benzene rings is 2. The molecule has 0 bridgehead atoms. The zero-order chi connectivity index (χ0) is 15.9. The summed E-state index contributed by atoms with van der Waals surface area (Å²) in [5.41, 5.74) is 1.35. The van der Waals surface area contributed by atoms with Crippen LogP contribution in [0.1, 0.15) is 17.3 Å². The molecule has 2 rings (SSSR count). The average Bonchev–Trinajstić information content (AvgIpc) is 2.55. The molecule has 0 spiro atoms. The van der Waals surface area contributed by atoms with Crippen LogP contribution in [0.5, 0.6) is 0 Å². The second kappa shape index (κ2) is 7.75. The summed E-state index contributed by atoms with van der Waals surface area (Å²) in [6, 6.07) is 16.4. The van der Waals surface area contributed by atoms with Crippen molar-refractivity contribution in [2.24, 2.45) is 0 Å². The fraction of sp³-hybridized carbons (Fsp3) is 0.176. The van der Waals surface area contributed by atoms with Crippen molar-refractivity contribution in [3.05, 3.63) is 64.6 Å². The van der Waals surface area contributed by atoms with E-state index >= 15 is 0 Å². The number of likely N-dealkylation sites (N-methyl/N-ethyl adjacent to an activating group) is 1. The van der Waals surface area contributed by atoms with Gasteiger partial charge in [-0.05, 0) is 43.3 Å². The third-order valence-electron chi connectivity index (χ3n) is 3.19. The van der Waals surface area contributed by atoms with E-state index in [1.165, 1.54) is 0 Å². The first kappa shape index (κ1) is 16.2. The summed E-state index contributed by atoms with van der Waals surface area (Å²) in [6.07, 6.45) is 0. The Morgan fingerprint density at radius 2 is 1.68 bits per heavy atom. The third-order valence-corrected chi connectivity index (χ3v) is 3.72. The highest BCUT2D eigenvalue weighted by molar-refractivity contribution is 9.10. The van der Waals surface area contributed by atoms with Crippen LogP contribution < -0.4 is 10.2 Å². The summed E-state index contributed by atoms with van der Waals surface area (Å²) in [4.78, 5) is 25.9. The van der Waals surface area contributed by atoms with Gasteiger partial charge in [-0.2, -0.15) is 0 Å². The summed E-state index contributed by atoms with van der Waals surface area (Å²) in [7, 11) is 0. The Labute approximate surface area is 138 Å². The lowest BCUT2D eigenvalue weighted by molar-refractivity contribution is -0.117. The summed E-state index contributed by atoms with van der Waals surface area (Å²) >= 11 is 3.32. The lowest BCUT2D eigenvalue weighted by atomic mass is 10.2. The number of halogens is 1. The van der Waals surface area contributed by atoms with Gasteiger partial charge in [-0.1, -0.05) is 34.1 Å². The molecule has 0 atom stereocenters. The maximum Gasteiger partial charge on any atom is 0.251 e. The number of rotatable bonds is 5. The minimum atomic E-state index is -0.259. The zero-order valence-electron chi connectivity index (χ0n) is 12.3. The summed E-state index contributed by atoms with van der Waals surface area (Å²) < 4.78 is 0.904. The lowest BCUT2D eigenvalue weighted by Crippen LogP contribution is -2.40. The molecule has 5 heteroatoms. The number of nitrogens with one attached hydrogen (secondary N) is 1. The van der Waals surface area contributed by atoms with Crippen molar-refractivity contribution in [1.82, 2.24) is 5.32 Å². The van der Waals surface area contributed by atoms with E-state index in [9.17, 15) is 9.59 Å². The number of anilines is 1. The Hall–Kier alpha value is -2.14. The highest BCUT2D eigenvalue weighted by Crippen LogP contribution is 2.13. The van der Waals surface area contributed by atoms with E-state index in [2.05, 4.69) is 21.2 Å². The molecule has 4 nitrogen and oxygen atoms in total. The average molecular weight is 361 g/mol. The largest absolute Gasteiger partial charge is 0.343 e. The van der Waals surface area contributed by atoms with Gasteiger partial charge in [0.15, 0.2) is 0 Å². The number of hydrogen-bond acceptors (Lipinski definition) is 2. The molecule has 2 amide bonds. The molecule has 0 fully saturated rings. The Morgan fingerprint density at radius 1 is 1.05 bits per heavy atom. The van der Waals surface area contributed by atoms with Crippen molar-refractivity contribution >= 4 is 33.4 Å². The molecule has 0 unspecified atom stereocenters. The van der Waals surface area contributed by atoms with Crippen LogP contribution in [0.25, 0.3) is 0 Å². The van der Waals surface area contributed by atoms with Crippen LogP contribution in [0.2, 0.25) is 0 Å². The van der Waals surface area contributed by atoms with E-state index in [1.807, 2.05) is 37.3 Å². The molecule has 2 aromatic carbocycles. The van der Waals surface area contributed by atoms with Gasteiger partial charge in [0.25, 0.3) is 5.91 Å². The van der Waals surface area contributed by atoms with Crippen molar-refractivity contribution in [2.75, 3.05) is 18.0 Å². The highest BCUT2D eigenvalue weighted by Gasteiger charge is 2.15. The topological polar surface area (TPSA) is 49.4 Å². The Morgan fingerprint density at radius 3 is 2.27 bits per heavy atom. The highest BCUT2D eigenvalue weighted by atomic mass is 79.9. The fourth-order valence-electron chi connectivity index (χ4n) is 2.07. The summed E-state index contributed by atoms with van der Waals surface area (Å²) in [5, 5.41) is 2.66. The number of para-hydroxylation sites is 1. The molecule has 22 heavy (non-hydrogen) atoms. The first-order chi connectivity index (χ1) is 10.6. The van der Waals surface area contributed by atoms with Gasteiger partial charge in [0.2, 0.25) is 5.91 Å². The van der Waals surface area contributed by atoms with Gasteiger partial charge in [0, 0.05) is 22.3 Å². The molecule has 2 aromatic rings. The van der Waals surface area contributed by atoms with Gasteiger partial charge < -0.3 is 10.2 Å². The minimum absolute atomic E-state index is 0.0301. The van der Waals surface area contributed by atoms with Gasteiger partial charge in [-0.25, -0.2) is 0 Å². The van der Waals surface area contributed by atoms with Crippen LogP contribution >= 0.6 is 15.9 Å². The molecule has 0 aliphatic carbocycles. The van der Waals surface area contributed by atoms with Crippen LogP contribution in [0.15, 0.2) is 59.1 Å². The fourth-order valence-corrected chi connectivity index (χ4v) is 2.33. The van der Waals surface area contributed by atoms with E-state index < -0.39 is 0 Å². The van der Waals surface area contributed by atoms with Gasteiger partial charge in [0.1, 0.15) is 0 Å². The Balaban J connectivity index is 1.96. The van der Waals surface area contributed by atoms with E-state index in [4.69, 9.17) is 0 Å². The van der Waals surface area contributed by atoms with Crippen molar-refractivity contribution < 1.29 is 9.59 Å². The third kappa shape index (κ3) is 4.18. The molecule has 0 radical (unpaired) electrons. The predicted molar refractivity (Wildman–Crippen MR) is 90.9 cm³/mol. The predicted octanol–water partition coefficient (Wildman–Crippen LogP) is 3.23. The van der Waals surface area contributed by atoms with Crippen molar-refractivity contribution in [2.45, 2.75) is 6.92 Å². The maximum atomic E-state index is 12.3. The van der Waals surface area contributed by atoms with Crippen LogP contribution in [0.3, 0.4) is 0 Å².